The van der Waals surface area contributed by atoms with Gasteiger partial charge in [-0.15, -0.1) is 0 Å². The Morgan fingerprint density at radius 3 is 2.78 bits per heavy atom. The van der Waals surface area contributed by atoms with Crippen molar-refractivity contribution in [3.8, 4) is 0 Å². The number of piperidine rings is 1. The number of likely N-dealkylation sites (tertiary alicyclic amines) is 1. The largest absolute Gasteiger partial charge is 0.388 e. The van der Waals surface area contributed by atoms with Gasteiger partial charge in [0.05, 0.1) is 25.4 Å². The molecule has 2 heterocycles. The van der Waals surface area contributed by atoms with E-state index in [0.29, 0.717) is 19.7 Å². The van der Waals surface area contributed by atoms with Crippen molar-refractivity contribution in [2.24, 2.45) is 0 Å². The van der Waals surface area contributed by atoms with Gasteiger partial charge < -0.3 is 30.1 Å². The standard InChI is InChI=1S/C14H25F2N3O4/c1-22-7-4-17-13(21)18-10-9-23-11(12(10)20)8-19-5-2-14(15,16)3-6-19/h10-12,20H,2-9H2,1H3,(H2,17,18,21)/t10-,11-,12+/m0/s1. The highest BCUT2D eigenvalue weighted by Crippen LogP contribution is 2.28. The molecule has 0 spiro atoms. The van der Waals surface area contributed by atoms with Crippen molar-refractivity contribution in [2.45, 2.75) is 37.0 Å². The zero-order valence-electron chi connectivity index (χ0n) is 13.3. The fourth-order valence-electron chi connectivity index (χ4n) is 2.77. The number of rotatable bonds is 6. The number of nitrogens with zero attached hydrogens (tertiary/aromatic N) is 1. The number of nitrogens with one attached hydrogen (secondary N) is 2. The van der Waals surface area contributed by atoms with Crippen molar-refractivity contribution in [3.63, 3.8) is 0 Å². The maximum absolute atomic E-state index is 13.1. The number of aliphatic hydroxyl groups is 1. The summed E-state index contributed by atoms with van der Waals surface area (Å²) in [5, 5.41) is 15.5. The number of hydrogen-bond acceptors (Lipinski definition) is 5. The molecular formula is C14H25F2N3O4. The Hall–Kier alpha value is -1.03. The monoisotopic (exact) mass is 337 g/mol. The van der Waals surface area contributed by atoms with Gasteiger partial charge in [-0.3, -0.25) is 0 Å². The first-order chi connectivity index (χ1) is 10.9. The third-order valence-electron chi connectivity index (χ3n) is 4.22. The summed E-state index contributed by atoms with van der Waals surface area (Å²) in [4.78, 5) is 13.5. The lowest BCUT2D eigenvalue weighted by molar-refractivity contribution is -0.0674. The quantitative estimate of drug-likeness (QED) is 0.584. The zero-order valence-corrected chi connectivity index (χ0v) is 13.3. The maximum atomic E-state index is 13.1. The van der Waals surface area contributed by atoms with Crippen LogP contribution in [0.5, 0.6) is 0 Å². The Morgan fingerprint density at radius 2 is 2.13 bits per heavy atom. The Kier molecular flexibility index (Phi) is 6.51. The van der Waals surface area contributed by atoms with Crippen LogP contribution < -0.4 is 10.6 Å². The van der Waals surface area contributed by atoms with Gasteiger partial charge in [0.2, 0.25) is 0 Å². The molecule has 2 amide bonds. The van der Waals surface area contributed by atoms with E-state index in [9.17, 15) is 18.7 Å². The van der Waals surface area contributed by atoms with E-state index >= 15 is 0 Å². The second-order valence-electron chi connectivity index (χ2n) is 6.02. The molecule has 0 bridgehead atoms. The van der Waals surface area contributed by atoms with Crippen LogP contribution in [-0.2, 0) is 9.47 Å². The Labute approximate surface area is 134 Å². The molecule has 2 rings (SSSR count). The summed E-state index contributed by atoms with van der Waals surface area (Å²) in [7, 11) is 1.54. The van der Waals surface area contributed by atoms with Crippen LogP contribution in [0.2, 0.25) is 0 Å². The van der Waals surface area contributed by atoms with Gasteiger partial charge in [-0.05, 0) is 0 Å². The highest BCUT2D eigenvalue weighted by molar-refractivity contribution is 5.74. The van der Waals surface area contributed by atoms with Crippen molar-refractivity contribution < 1.29 is 28.2 Å². The molecule has 2 fully saturated rings. The summed E-state index contributed by atoms with van der Waals surface area (Å²) in [6.07, 6.45) is -1.67. The molecule has 2 aliphatic rings. The van der Waals surface area contributed by atoms with Crippen LogP contribution >= 0.6 is 0 Å². The fourth-order valence-corrected chi connectivity index (χ4v) is 2.77. The molecule has 3 atom stereocenters. The lowest BCUT2D eigenvalue weighted by Crippen LogP contribution is -2.51. The van der Waals surface area contributed by atoms with Gasteiger partial charge in [0.1, 0.15) is 6.10 Å². The number of urea groups is 1. The molecule has 23 heavy (non-hydrogen) atoms. The summed E-state index contributed by atoms with van der Waals surface area (Å²) in [5.41, 5.74) is 0. The normalized spacial score (nSPS) is 31.0. The number of aliphatic hydroxyl groups excluding tert-OH is 1. The van der Waals surface area contributed by atoms with Crippen molar-refractivity contribution in [3.05, 3.63) is 0 Å². The Balaban J connectivity index is 1.71. The maximum Gasteiger partial charge on any atom is 0.315 e. The molecular weight excluding hydrogens is 312 g/mol. The Bertz CT molecular complexity index is 390. The molecule has 134 valence electrons. The van der Waals surface area contributed by atoms with E-state index < -0.39 is 30.2 Å². The summed E-state index contributed by atoms with van der Waals surface area (Å²) in [6.45, 7) is 1.94. The van der Waals surface area contributed by atoms with Crippen LogP contribution in [0.25, 0.3) is 0 Å². The molecule has 0 aromatic carbocycles. The zero-order chi connectivity index (χ0) is 16.9. The second-order valence-corrected chi connectivity index (χ2v) is 6.02. The summed E-state index contributed by atoms with van der Waals surface area (Å²) < 4.78 is 36.6. The lowest BCUT2D eigenvalue weighted by Gasteiger charge is -2.33. The van der Waals surface area contributed by atoms with E-state index in [1.807, 2.05) is 4.90 Å². The van der Waals surface area contributed by atoms with E-state index in [4.69, 9.17) is 9.47 Å². The van der Waals surface area contributed by atoms with E-state index in [1.54, 1.807) is 0 Å². The third-order valence-corrected chi connectivity index (χ3v) is 4.22. The molecule has 2 saturated heterocycles. The lowest BCUT2D eigenvalue weighted by atomic mass is 10.0. The number of ether oxygens (including phenoxy) is 2. The average molecular weight is 337 g/mol. The summed E-state index contributed by atoms with van der Waals surface area (Å²) in [5.74, 6) is -2.59. The van der Waals surface area contributed by atoms with Crippen molar-refractivity contribution in [2.75, 3.05) is 46.5 Å². The molecule has 0 unspecified atom stereocenters. The number of carbonyl (C=O) groups is 1. The van der Waals surface area contributed by atoms with E-state index in [1.165, 1.54) is 7.11 Å². The summed E-state index contributed by atoms with van der Waals surface area (Å²) >= 11 is 0. The highest BCUT2D eigenvalue weighted by atomic mass is 19.3. The number of methoxy groups -OCH3 is 1. The second kappa shape index (κ2) is 8.18. The smallest absolute Gasteiger partial charge is 0.315 e. The SMILES string of the molecule is COCCNC(=O)N[C@H]1CO[C@@H](CN2CCC(F)(F)CC2)[C@@H]1O. The van der Waals surface area contributed by atoms with Crippen molar-refractivity contribution >= 4 is 6.03 Å². The molecule has 0 radical (unpaired) electrons. The van der Waals surface area contributed by atoms with Gasteiger partial charge >= 0.3 is 6.03 Å². The molecule has 0 aliphatic carbocycles. The van der Waals surface area contributed by atoms with Gasteiger partial charge in [-0.2, -0.15) is 0 Å². The first-order valence-corrected chi connectivity index (χ1v) is 7.84. The average Bonchev–Trinajstić information content (AvgIpc) is 2.83. The van der Waals surface area contributed by atoms with Crippen LogP contribution in [0, 0.1) is 0 Å². The Morgan fingerprint density at radius 1 is 1.43 bits per heavy atom. The van der Waals surface area contributed by atoms with Gasteiger partial charge in [0, 0.05) is 46.1 Å². The molecule has 9 heteroatoms. The van der Waals surface area contributed by atoms with Gasteiger partial charge in [0.15, 0.2) is 0 Å². The van der Waals surface area contributed by atoms with Crippen LogP contribution in [0.3, 0.4) is 0 Å². The fraction of sp³-hybridized carbons (Fsp3) is 0.929. The molecule has 7 nitrogen and oxygen atoms in total. The minimum absolute atomic E-state index is 0.167. The minimum Gasteiger partial charge on any atom is -0.388 e. The predicted octanol–water partition coefficient (Wildman–Crippen LogP) is -0.209. The van der Waals surface area contributed by atoms with Gasteiger partial charge in [-0.1, -0.05) is 0 Å². The molecule has 0 aromatic heterocycles. The highest BCUT2D eigenvalue weighted by Gasteiger charge is 2.40. The molecule has 0 aromatic rings. The molecule has 3 N–H and O–H groups in total. The van der Waals surface area contributed by atoms with Crippen LogP contribution in [0.4, 0.5) is 13.6 Å². The van der Waals surface area contributed by atoms with E-state index in [-0.39, 0.29) is 32.5 Å². The van der Waals surface area contributed by atoms with Crippen LogP contribution in [0.15, 0.2) is 0 Å². The minimum atomic E-state index is -2.59. The van der Waals surface area contributed by atoms with Crippen LogP contribution in [-0.4, -0.2) is 86.7 Å². The number of alkyl halides is 2. The van der Waals surface area contributed by atoms with Crippen molar-refractivity contribution in [1.82, 2.24) is 15.5 Å². The number of hydrogen-bond donors (Lipinski definition) is 3. The van der Waals surface area contributed by atoms with Gasteiger partial charge in [0.25, 0.3) is 5.92 Å². The van der Waals surface area contributed by atoms with Crippen LogP contribution in [0.1, 0.15) is 12.8 Å². The van der Waals surface area contributed by atoms with Crippen molar-refractivity contribution in [1.29, 1.82) is 0 Å². The number of carbonyl (C=O) groups excluding carboxylic acids is 1. The number of halogens is 2. The summed E-state index contributed by atoms with van der Waals surface area (Å²) in [6, 6.07) is -0.901. The first-order valence-electron chi connectivity index (χ1n) is 7.84. The van der Waals surface area contributed by atoms with E-state index in [0.717, 1.165) is 0 Å². The molecule has 0 saturated carbocycles. The third kappa shape index (κ3) is 5.52. The van der Waals surface area contributed by atoms with E-state index in [2.05, 4.69) is 10.6 Å². The predicted molar refractivity (Wildman–Crippen MR) is 78.6 cm³/mol. The first kappa shape index (κ1) is 18.3. The molecule has 2 aliphatic heterocycles. The number of amides is 2. The van der Waals surface area contributed by atoms with Gasteiger partial charge in [-0.25, -0.2) is 13.6 Å². The topological polar surface area (TPSA) is 83.1 Å².